The molecule has 0 radical (unpaired) electrons. The summed E-state index contributed by atoms with van der Waals surface area (Å²) in [4.78, 5) is 2.47. The van der Waals surface area contributed by atoms with Gasteiger partial charge in [-0.1, -0.05) is 27.2 Å². The van der Waals surface area contributed by atoms with E-state index in [1.54, 1.807) is 0 Å². The molecular formula is C12H27N3O. The van der Waals surface area contributed by atoms with Crippen LogP contribution in [0.15, 0.2) is 0 Å². The fourth-order valence-corrected chi connectivity index (χ4v) is 2.36. The lowest BCUT2D eigenvalue weighted by Gasteiger charge is -2.38. The summed E-state index contributed by atoms with van der Waals surface area (Å²) in [6, 6.07) is 0.268. The minimum atomic E-state index is 0.236. The molecule has 3 atom stereocenters. The number of nitrogens with zero attached hydrogens (tertiary/aromatic N) is 1. The molecule has 1 saturated heterocycles. The van der Waals surface area contributed by atoms with Crippen LogP contribution in [-0.4, -0.2) is 43.3 Å². The number of hydrogen-bond acceptors (Lipinski definition) is 4. The van der Waals surface area contributed by atoms with Crippen molar-refractivity contribution in [3.8, 4) is 0 Å². The van der Waals surface area contributed by atoms with Gasteiger partial charge < -0.3 is 4.74 Å². The highest BCUT2D eigenvalue weighted by Crippen LogP contribution is 2.17. The minimum Gasteiger partial charge on any atom is -0.374 e. The van der Waals surface area contributed by atoms with Crippen LogP contribution in [0.1, 0.15) is 33.6 Å². The molecule has 3 N–H and O–H groups in total. The molecule has 1 heterocycles. The molecule has 1 fully saturated rings. The molecule has 0 bridgehead atoms. The summed E-state index contributed by atoms with van der Waals surface area (Å²) < 4.78 is 5.85. The maximum Gasteiger partial charge on any atom is 0.0871 e. The SMILES string of the molecule is CCCN1CCOC(C(NN)C(C)CC)C1. The molecule has 0 spiro atoms. The van der Waals surface area contributed by atoms with Crippen molar-refractivity contribution in [1.29, 1.82) is 0 Å². The fraction of sp³-hybridized carbons (Fsp3) is 1.00. The molecule has 0 amide bonds. The van der Waals surface area contributed by atoms with Gasteiger partial charge in [-0.05, 0) is 18.9 Å². The molecule has 0 aromatic rings. The third-order valence-corrected chi connectivity index (χ3v) is 3.57. The number of hydrazine groups is 1. The molecular weight excluding hydrogens is 202 g/mol. The molecule has 0 aromatic heterocycles. The Labute approximate surface area is 99.5 Å². The molecule has 0 aliphatic carbocycles. The Morgan fingerprint density at radius 1 is 1.50 bits per heavy atom. The maximum absolute atomic E-state index is 5.85. The molecule has 0 aromatic carbocycles. The van der Waals surface area contributed by atoms with Gasteiger partial charge in [-0.3, -0.25) is 16.2 Å². The quantitative estimate of drug-likeness (QED) is 0.526. The smallest absolute Gasteiger partial charge is 0.0871 e. The normalized spacial score (nSPS) is 26.6. The average Bonchev–Trinajstić information content (AvgIpc) is 2.31. The zero-order chi connectivity index (χ0) is 12.0. The zero-order valence-electron chi connectivity index (χ0n) is 10.9. The molecule has 16 heavy (non-hydrogen) atoms. The van der Waals surface area contributed by atoms with Crippen molar-refractivity contribution in [3.63, 3.8) is 0 Å². The fourth-order valence-electron chi connectivity index (χ4n) is 2.36. The van der Waals surface area contributed by atoms with Crippen LogP contribution >= 0.6 is 0 Å². The highest BCUT2D eigenvalue weighted by Gasteiger charge is 2.30. The van der Waals surface area contributed by atoms with Gasteiger partial charge in [0.05, 0.1) is 18.8 Å². The van der Waals surface area contributed by atoms with Crippen LogP contribution in [0.5, 0.6) is 0 Å². The van der Waals surface area contributed by atoms with Crippen molar-refractivity contribution in [2.75, 3.05) is 26.2 Å². The number of morpholine rings is 1. The lowest BCUT2D eigenvalue weighted by molar-refractivity contribution is -0.0554. The van der Waals surface area contributed by atoms with Gasteiger partial charge in [-0.15, -0.1) is 0 Å². The second-order valence-corrected chi connectivity index (χ2v) is 4.79. The molecule has 96 valence electrons. The minimum absolute atomic E-state index is 0.236. The Kier molecular flexibility index (Phi) is 6.28. The molecule has 0 saturated carbocycles. The highest BCUT2D eigenvalue weighted by molar-refractivity contribution is 4.84. The molecule has 1 aliphatic heterocycles. The van der Waals surface area contributed by atoms with Crippen LogP contribution in [0.3, 0.4) is 0 Å². The van der Waals surface area contributed by atoms with Crippen LogP contribution in [0, 0.1) is 5.92 Å². The molecule has 3 unspecified atom stereocenters. The Bertz CT molecular complexity index is 187. The van der Waals surface area contributed by atoms with Gasteiger partial charge in [0.25, 0.3) is 0 Å². The maximum atomic E-state index is 5.85. The van der Waals surface area contributed by atoms with E-state index in [0.717, 1.165) is 32.7 Å². The van der Waals surface area contributed by atoms with E-state index < -0.39 is 0 Å². The molecule has 1 aliphatic rings. The van der Waals surface area contributed by atoms with Crippen LogP contribution in [0.4, 0.5) is 0 Å². The summed E-state index contributed by atoms with van der Waals surface area (Å²) in [6.45, 7) is 10.7. The van der Waals surface area contributed by atoms with Crippen LogP contribution in [0.25, 0.3) is 0 Å². The predicted molar refractivity (Wildman–Crippen MR) is 67.0 cm³/mol. The molecule has 4 heteroatoms. The van der Waals surface area contributed by atoms with E-state index in [4.69, 9.17) is 10.6 Å². The van der Waals surface area contributed by atoms with E-state index in [1.165, 1.54) is 6.42 Å². The zero-order valence-corrected chi connectivity index (χ0v) is 10.9. The Morgan fingerprint density at radius 3 is 2.81 bits per heavy atom. The highest BCUT2D eigenvalue weighted by atomic mass is 16.5. The first-order chi connectivity index (χ1) is 7.72. The summed E-state index contributed by atoms with van der Waals surface area (Å²) in [5, 5.41) is 0. The van der Waals surface area contributed by atoms with Gasteiger partial charge in [0, 0.05) is 13.1 Å². The molecule has 1 rings (SSSR count). The Balaban J connectivity index is 2.49. The number of nitrogens with two attached hydrogens (primary N) is 1. The summed E-state index contributed by atoms with van der Waals surface area (Å²) >= 11 is 0. The lowest BCUT2D eigenvalue weighted by Crippen LogP contribution is -2.56. The van der Waals surface area contributed by atoms with E-state index in [2.05, 4.69) is 31.1 Å². The van der Waals surface area contributed by atoms with Crippen molar-refractivity contribution in [1.82, 2.24) is 10.3 Å². The van der Waals surface area contributed by atoms with Gasteiger partial charge in [-0.2, -0.15) is 0 Å². The van der Waals surface area contributed by atoms with E-state index in [-0.39, 0.29) is 12.1 Å². The monoisotopic (exact) mass is 229 g/mol. The number of hydrogen-bond donors (Lipinski definition) is 2. The van der Waals surface area contributed by atoms with Gasteiger partial charge in [0.2, 0.25) is 0 Å². The Hall–Kier alpha value is -0.160. The number of nitrogens with one attached hydrogen (secondary N) is 1. The second kappa shape index (κ2) is 7.22. The first kappa shape index (κ1) is 13.9. The standard InChI is InChI=1S/C12H27N3O/c1-4-6-15-7-8-16-11(9-15)12(14-13)10(3)5-2/h10-12,14H,4-9,13H2,1-3H3. The first-order valence-electron chi connectivity index (χ1n) is 6.53. The van der Waals surface area contributed by atoms with Gasteiger partial charge in [0.15, 0.2) is 0 Å². The van der Waals surface area contributed by atoms with Crippen LogP contribution < -0.4 is 11.3 Å². The Morgan fingerprint density at radius 2 is 2.25 bits per heavy atom. The number of ether oxygens (including phenoxy) is 1. The second-order valence-electron chi connectivity index (χ2n) is 4.79. The first-order valence-corrected chi connectivity index (χ1v) is 6.53. The summed E-state index contributed by atoms with van der Waals surface area (Å²) in [5.41, 5.74) is 2.93. The summed E-state index contributed by atoms with van der Waals surface area (Å²) in [6.07, 6.45) is 2.57. The van der Waals surface area contributed by atoms with Crippen molar-refractivity contribution >= 4 is 0 Å². The van der Waals surface area contributed by atoms with Crippen molar-refractivity contribution in [2.45, 2.75) is 45.8 Å². The van der Waals surface area contributed by atoms with E-state index in [9.17, 15) is 0 Å². The van der Waals surface area contributed by atoms with E-state index >= 15 is 0 Å². The van der Waals surface area contributed by atoms with Crippen molar-refractivity contribution < 1.29 is 4.74 Å². The van der Waals surface area contributed by atoms with Crippen LogP contribution in [0.2, 0.25) is 0 Å². The van der Waals surface area contributed by atoms with Gasteiger partial charge in [-0.25, -0.2) is 0 Å². The largest absolute Gasteiger partial charge is 0.374 e. The van der Waals surface area contributed by atoms with Gasteiger partial charge >= 0.3 is 0 Å². The number of rotatable bonds is 6. The third kappa shape index (κ3) is 3.70. The topological polar surface area (TPSA) is 50.5 Å². The molecule has 4 nitrogen and oxygen atoms in total. The summed E-state index contributed by atoms with van der Waals surface area (Å²) in [7, 11) is 0. The van der Waals surface area contributed by atoms with Gasteiger partial charge in [0.1, 0.15) is 0 Å². The average molecular weight is 229 g/mol. The van der Waals surface area contributed by atoms with E-state index in [1.807, 2.05) is 0 Å². The van der Waals surface area contributed by atoms with Crippen LogP contribution in [-0.2, 0) is 4.74 Å². The lowest BCUT2D eigenvalue weighted by atomic mass is 9.94. The summed E-state index contributed by atoms with van der Waals surface area (Å²) in [5.74, 6) is 6.20. The third-order valence-electron chi connectivity index (χ3n) is 3.57. The van der Waals surface area contributed by atoms with Crippen molar-refractivity contribution in [3.05, 3.63) is 0 Å². The predicted octanol–water partition coefficient (Wildman–Crippen LogP) is 0.975. The van der Waals surface area contributed by atoms with E-state index in [0.29, 0.717) is 5.92 Å². The van der Waals surface area contributed by atoms with Crippen molar-refractivity contribution in [2.24, 2.45) is 11.8 Å².